The van der Waals surface area contributed by atoms with E-state index < -0.39 is 6.04 Å². The van der Waals surface area contributed by atoms with Crippen LogP contribution in [0.1, 0.15) is 44.7 Å². The summed E-state index contributed by atoms with van der Waals surface area (Å²) >= 11 is 0. The maximum absolute atomic E-state index is 13.7. The monoisotopic (exact) mass is 537 g/mol. The third kappa shape index (κ3) is 4.93. The van der Waals surface area contributed by atoms with Crippen molar-refractivity contribution in [3.63, 3.8) is 0 Å². The van der Waals surface area contributed by atoms with Crippen molar-refractivity contribution >= 4 is 16.8 Å². The third-order valence-corrected chi connectivity index (χ3v) is 7.72. The lowest BCUT2D eigenvalue weighted by molar-refractivity contribution is 0.0558. The number of hydrogen-bond acceptors (Lipinski definition) is 7. The second-order valence-electron chi connectivity index (χ2n) is 10.2. The number of nitrogens with zero attached hydrogens (tertiary/aromatic N) is 6. The topological polar surface area (TPSA) is 113 Å². The minimum absolute atomic E-state index is 0.136. The van der Waals surface area contributed by atoms with Crippen molar-refractivity contribution < 1.29 is 9.21 Å². The van der Waals surface area contributed by atoms with Crippen LogP contribution in [0.25, 0.3) is 10.9 Å². The second kappa shape index (κ2) is 10.9. The zero-order valence-electron chi connectivity index (χ0n) is 22.6. The summed E-state index contributed by atoms with van der Waals surface area (Å²) in [6.45, 7) is 6.69. The van der Waals surface area contributed by atoms with E-state index in [2.05, 4.69) is 43.6 Å². The largest absolute Gasteiger partial charge is 0.459 e. The Morgan fingerprint density at radius 3 is 2.52 bits per heavy atom. The van der Waals surface area contributed by atoms with Crippen LogP contribution >= 0.6 is 0 Å². The number of aromatic amines is 1. The van der Waals surface area contributed by atoms with E-state index >= 15 is 0 Å². The first-order chi connectivity index (χ1) is 19.5. The summed E-state index contributed by atoms with van der Waals surface area (Å²) in [5, 5.41) is 13.8. The molecular formula is C30H31N7O3. The van der Waals surface area contributed by atoms with Gasteiger partial charge in [-0.25, -0.2) is 4.68 Å². The quantitative estimate of drug-likeness (QED) is 0.338. The molecule has 3 aromatic heterocycles. The molecule has 1 saturated heterocycles. The van der Waals surface area contributed by atoms with Gasteiger partial charge in [0.15, 0.2) is 11.6 Å². The smallest absolute Gasteiger partial charge is 0.289 e. The number of carbonyl (C=O) groups is 1. The van der Waals surface area contributed by atoms with Crippen LogP contribution in [0.4, 0.5) is 0 Å². The van der Waals surface area contributed by atoms with Crippen LogP contribution in [0, 0.1) is 13.8 Å². The molecule has 1 atom stereocenters. The molecule has 0 bridgehead atoms. The summed E-state index contributed by atoms with van der Waals surface area (Å²) in [6, 6.07) is 19.2. The first kappa shape index (κ1) is 25.7. The highest BCUT2D eigenvalue weighted by atomic mass is 16.3. The lowest BCUT2D eigenvalue weighted by atomic mass is 9.99. The number of carbonyl (C=O) groups excluding carboxylic acids is 1. The summed E-state index contributed by atoms with van der Waals surface area (Å²) in [4.78, 5) is 33.7. The first-order valence-electron chi connectivity index (χ1n) is 13.5. The van der Waals surface area contributed by atoms with Crippen LogP contribution in [-0.2, 0) is 13.0 Å². The molecule has 2 aromatic carbocycles. The number of nitrogens with one attached hydrogen (secondary N) is 1. The van der Waals surface area contributed by atoms with Gasteiger partial charge in [0.05, 0.1) is 11.8 Å². The number of aryl methyl sites for hydroxylation is 4. The molecule has 1 aliphatic rings. The van der Waals surface area contributed by atoms with E-state index in [1.54, 1.807) is 21.7 Å². The van der Waals surface area contributed by atoms with Gasteiger partial charge in [-0.2, -0.15) is 0 Å². The van der Waals surface area contributed by atoms with E-state index in [4.69, 9.17) is 4.42 Å². The maximum atomic E-state index is 13.7. The molecule has 0 aliphatic carbocycles. The molecule has 6 rings (SSSR count). The first-order valence-corrected chi connectivity index (χ1v) is 13.5. The minimum atomic E-state index is -0.486. The molecular weight excluding hydrogens is 506 g/mol. The average molecular weight is 538 g/mol. The molecule has 5 aromatic rings. The van der Waals surface area contributed by atoms with E-state index in [1.165, 1.54) is 11.8 Å². The number of pyridine rings is 1. The van der Waals surface area contributed by atoms with Gasteiger partial charge in [-0.1, -0.05) is 42.5 Å². The molecule has 10 heteroatoms. The predicted molar refractivity (Wildman–Crippen MR) is 150 cm³/mol. The number of furan rings is 1. The SMILES string of the molecule is Cc1ccc(C)c2[nH]c(=O)c([C@@H](c3nnnn3CCc3ccccc3)N3CCN(C(=O)c4ccco4)CC3)cc12. The zero-order valence-corrected chi connectivity index (χ0v) is 22.6. The van der Waals surface area contributed by atoms with Crippen LogP contribution in [0.3, 0.4) is 0 Å². The Labute approximate surface area is 231 Å². The molecule has 0 unspecified atom stereocenters. The van der Waals surface area contributed by atoms with Crippen molar-refractivity contribution in [3.05, 3.63) is 111 Å². The van der Waals surface area contributed by atoms with Gasteiger partial charge < -0.3 is 14.3 Å². The Morgan fingerprint density at radius 1 is 1.00 bits per heavy atom. The number of hydrogen-bond donors (Lipinski definition) is 1. The number of H-pyrrole nitrogens is 1. The summed E-state index contributed by atoms with van der Waals surface area (Å²) in [5.74, 6) is 0.798. The number of fused-ring (bicyclic) bond motifs is 1. The van der Waals surface area contributed by atoms with E-state index in [0.717, 1.165) is 28.5 Å². The molecule has 10 nitrogen and oxygen atoms in total. The van der Waals surface area contributed by atoms with Gasteiger partial charge in [0.2, 0.25) is 0 Å². The highest BCUT2D eigenvalue weighted by molar-refractivity contribution is 5.91. The highest BCUT2D eigenvalue weighted by Crippen LogP contribution is 2.29. The fraction of sp³-hybridized carbons (Fsp3) is 0.300. The van der Waals surface area contributed by atoms with Crippen molar-refractivity contribution in [2.45, 2.75) is 32.9 Å². The van der Waals surface area contributed by atoms with Gasteiger partial charge in [-0.3, -0.25) is 14.5 Å². The number of benzene rings is 2. The zero-order chi connectivity index (χ0) is 27.6. The van der Waals surface area contributed by atoms with Gasteiger partial charge in [0.25, 0.3) is 11.5 Å². The van der Waals surface area contributed by atoms with Crippen molar-refractivity contribution in [1.82, 2.24) is 35.0 Å². The van der Waals surface area contributed by atoms with E-state index in [1.807, 2.05) is 44.2 Å². The molecule has 0 saturated carbocycles. The molecule has 1 amide bonds. The lowest BCUT2D eigenvalue weighted by Gasteiger charge is -2.38. The standard InChI is InChI=1S/C30H31N7O3/c1-20-10-11-21(2)26-23(20)19-24(29(38)31-26)27(28-32-33-34-37(28)13-12-22-7-4-3-5-8-22)35-14-16-36(17-15-35)30(39)25-9-6-18-40-25/h3-11,18-19,27H,12-17H2,1-2H3,(H,31,38)/t27-/m0/s1. The fourth-order valence-corrected chi connectivity index (χ4v) is 5.48. The number of rotatable bonds is 7. The Hall–Kier alpha value is -4.57. The van der Waals surface area contributed by atoms with Gasteiger partial charge in [0, 0.05) is 43.7 Å². The summed E-state index contributed by atoms with van der Waals surface area (Å²) in [6.07, 6.45) is 2.26. The second-order valence-corrected chi connectivity index (χ2v) is 10.2. The average Bonchev–Trinajstić information content (AvgIpc) is 3.68. The fourth-order valence-electron chi connectivity index (χ4n) is 5.48. The highest BCUT2D eigenvalue weighted by Gasteiger charge is 2.34. The molecule has 1 N–H and O–H groups in total. The number of tetrazole rings is 1. The molecule has 204 valence electrons. The van der Waals surface area contributed by atoms with Crippen molar-refractivity contribution in [1.29, 1.82) is 0 Å². The van der Waals surface area contributed by atoms with Crippen molar-refractivity contribution in [2.24, 2.45) is 0 Å². The van der Waals surface area contributed by atoms with Crippen molar-refractivity contribution in [2.75, 3.05) is 26.2 Å². The number of aromatic nitrogens is 5. The molecule has 0 radical (unpaired) electrons. The lowest BCUT2D eigenvalue weighted by Crippen LogP contribution is -2.50. The Bertz CT molecular complexity index is 1680. The Morgan fingerprint density at radius 2 is 1.77 bits per heavy atom. The summed E-state index contributed by atoms with van der Waals surface area (Å²) in [5.41, 5.74) is 4.53. The Balaban J connectivity index is 1.36. The van der Waals surface area contributed by atoms with E-state index in [-0.39, 0.29) is 11.5 Å². The molecule has 0 spiro atoms. The molecule has 4 heterocycles. The molecule has 1 aliphatic heterocycles. The summed E-state index contributed by atoms with van der Waals surface area (Å²) in [7, 11) is 0. The molecule has 40 heavy (non-hydrogen) atoms. The normalized spacial score (nSPS) is 15.0. The van der Waals surface area contributed by atoms with Crippen LogP contribution in [0.15, 0.2) is 76.1 Å². The van der Waals surface area contributed by atoms with Crippen LogP contribution in [-0.4, -0.2) is 67.1 Å². The molecule has 1 fully saturated rings. The van der Waals surface area contributed by atoms with Gasteiger partial charge in [-0.05, 0) is 65.6 Å². The minimum Gasteiger partial charge on any atom is -0.459 e. The van der Waals surface area contributed by atoms with Crippen LogP contribution < -0.4 is 5.56 Å². The number of amides is 1. The Kier molecular flexibility index (Phi) is 7.00. The maximum Gasteiger partial charge on any atom is 0.289 e. The van der Waals surface area contributed by atoms with Crippen molar-refractivity contribution in [3.8, 4) is 0 Å². The van der Waals surface area contributed by atoms with E-state index in [9.17, 15) is 9.59 Å². The van der Waals surface area contributed by atoms with Crippen LogP contribution in [0.5, 0.6) is 0 Å². The van der Waals surface area contributed by atoms with Gasteiger partial charge in [0.1, 0.15) is 6.04 Å². The van der Waals surface area contributed by atoms with Crippen LogP contribution in [0.2, 0.25) is 0 Å². The number of piperazine rings is 1. The predicted octanol–water partition coefficient (Wildman–Crippen LogP) is 3.51. The summed E-state index contributed by atoms with van der Waals surface area (Å²) < 4.78 is 7.12. The van der Waals surface area contributed by atoms with E-state index in [0.29, 0.717) is 49.9 Å². The van der Waals surface area contributed by atoms with Gasteiger partial charge in [-0.15, -0.1) is 5.10 Å². The third-order valence-electron chi connectivity index (χ3n) is 7.72. The van der Waals surface area contributed by atoms with Gasteiger partial charge >= 0.3 is 0 Å².